The van der Waals surface area contributed by atoms with E-state index in [0.717, 1.165) is 6.04 Å². The van der Waals surface area contributed by atoms with Gasteiger partial charge in [-0.1, -0.05) is 142 Å². The Morgan fingerprint density at radius 1 is 0.556 bits per heavy atom. The van der Waals surface area contributed by atoms with Gasteiger partial charge in [-0.05, 0) is 51.1 Å². The molecule has 0 unspecified atom stereocenters. The average molecular weight is 559 g/mol. The van der Waals surface area contributed by atoms with E-state index in [0.29, 0.717) is 0 Å². The summed E-state index contributed by atoms with van der Waals surface area (Å²) >= 11 is 0. The Hall–Kier alpha value is 0.571. The summed E-state index contributed by atoms with van der Waals surface area (Å²) < 4.78 is 7.46. The monoisotopic (exact) mass is 558 g/mol. The lowest BCUT2D eigenvalue weighted by molar-refractivity contribution is 0.174. The van der Waals surface area contributed by atoms with Gasteiger partial charge in [0.15, 0.2) is 16.6 Å². The molecule has 218 valence electrons. The highest BCUT2D eigenvalue weighted by Crippen LogP contribution is 2.35. The van der Waals surface area contributed by atoms with Crippen LogP contribution in [0.1, 0.15) is 150 Å². The maximum absolute atomic E-state index is 10.4. The van der Waals surface area contributed by atoms with Crippen molar-refractivity contribution in [3.05, 3.63) is 0 Å². The predicted octanol–water partition coefficient (Wildman–Crippen LogP) is 10.6. The summed E-state index contributed by atoms with van der Waals surface area (Å²) in [7, 11) is -4.04. The van der Waals surface area contributed by atoms with Gasteiger partial charge in [-0.15, -0.1) is 0 Å². The fourth-order valence-electron chi connectivity index (χ4n) is 5.79. The molecule has 0 aliphatic heterocycles. The van der Waals surface area contributed by atoms with Crippen LogP contribution in [0.15, 0.2) is 0 Å². The van der Waals surface area contributed by atoms with Crippen LogP contribution in [0, 0.1) is 0 Å². The molecule has 0 bridgehead atoms. The van der Waals surface area contributed by atoms with Crippen molar-refractivity contribution in [2.45, 2.75) is 199 Å². The quantitative estimate of drug-likeness (QED) is 0.0802. The van der Waals surface area contributed by atoms with E-state index < -0.39 is 16.6 Å². The molecular weight excluding hydrogens is 489 g/mol. The summed E-state index contributed by atoms with van der Waals surface area (Å²) in [5, 5.41) is 0.0957. The van der Waals surface area contributed by atoms with Crippen LogP contribution >= 0.6 is 0 Å². The normalized spacial score (nSPS) is 13.3. The van der Waals surface area contributed by atoms with Gasteiger partial charge in [0, 0.05) is 5.22 Å². The smallest absolute Gasteiger partial charge is 0.193 e. The molecule has 0 rings (SSSR count). The second-order valence-electron chi connectivity index (χ2n) is 13.3. The molecule has 0 atom stereocenters. The largest absolute Gasteiger partial charge is 0.432 e. The number of unbranched alkanes of at least 4 members (excludes halogenated alkanes) is 15. The van der Waals surface area contributed by atoms with Gasteiger partial charge < -0.3 is 9.22 Å². The Bertz CT molecular complexity index is 436. The van der Waals surface area contributed by atoms with E-state index in [2.05, 4.69) is 47.7 Å². The number of hydrogen-bond donors (Lipinski definition) is 1. The highest BCUT2D eigenvalue weighted by molar-refractivity contribution is 6.74. The zero-order valence-electron chi connectivity index (χ0n) is 26.3. The van der Waals surface area contributed by atoms with Crippen LogP contribution in [0.25, 0.3) is 0 Å². The van der Waals surface area contributed by atoms with E-state index >= 15 is 0 Å². The number of rotatable bonds is 27. The fourth-order valence-corrected chi connectivity index (χ4v) is 17.1. The third-order valence-corrected chi connectivity index (χ3v) is 17.4. The first-order valence-electron chi connectivity index (χ1n) is 16.5. The Balaban J connectivity index is 5.24. The minimum atomic E-state index is -1.94. The summed E-state index contributed by atoms with van der Waals surface area (Å²) in [6, 6.07) is 6.52. The fraction of sp³-hybridized carbons (Fsp3) is 1.00. The Morgan fingerprint density at radius 3 is 1.22 bits per heavy atom. The zero-order chi connectivity index (χ0) is 27.2. The second kappa shape index (κ2) is 22.4. The average Bonchev–Trinajstić information content (AvgIpc) is 2.79. The van der Waals surface area contributed by atoms with Gasteiger partial charge in [0.05, 0.1) is 9.52 Å². The van der Waals surface area contributed by atoms with Crippen molar-refractivity contribution in [3.8, 4) is 0 Å². The Morgan fingerprint density at radius 2 is 0.889 bits per heavy atom. The molecule has 0 aromatic rings. The van der Waals surface area contributed by atoms with Crippen molar-refractivity contribution in [3.63, 3.8) is 0 Å². The third-order valence-electron chi connectivity index (χ3n) is 8.02. The summed E-state index contributed by atoms with van der Waals surface area (Å²) in [6.45, 7) is 16.0. The van der Waals surface area contributed by atoms with Crippen molar-refractivity contribution >= 4 is 26.2 Å². The van der Waals surface area contributed by atoms with Crippen LogP contribution in [-0.4, -0.2) is 36.2 Å². The Kier molecular flexibility index (Phi) is 22.7. The van der Waals surface area contributed by atoms with Crippen molar-refractivity contribution in [1.82, 2.24) is 0 Å². The van der Waals surface area contributed by atoms with Crippen LogP contribution in [0.4, 0.5) is 0 Å². The molecule has 0 aromatic heterocycles. The summed E-state index contributed by atoms with van der Waals surface area (Å²) in [5.74, 6) is 0. The minimum absolute atomic E-state index is 0.0957. The van der Waals surface area contributed by atoms with Gasteiger partial charge in [0.25, 0.3) is 0 Å². The molecule has 0 spiro atoms. The van der Waals surface area contributed by atoms with E-state index in [4.69, 9.17) is 4.43 Å². The summed E-state index contributed by atoms with van der Waals surface area (Å²) in [6.07, 6.45) is 25.1. The molecule has 0 saturated heterocycles. The van der Waals surface area contributed by atoms with Gasteiger partial charge in [-0.2, -0.15) is 0 Å². The molecule has 2 nitrogen and oxygen atoms in total. The third kappa shape index (κ3) is 22.5. The van der Waals surface area contributed by atoms with Crippen molar-refractivity contribution < 1.29 is 9.22 Å². The van der Waals surface area contributed by atoms with E-state index in [1.165, 1.54) is 140 Å². The lowest BCUT2D eigenvalue weighted by Crippen LogP contribution is -2.48. The zero-order valence-corrected chi connectivity index (χ0v) is 29.7. The first-order valence-corrected chi connectivity index (χ1v) is 23.9. The molecule has 0 radical (unpaired) electrons. The highest BCUT2D eigenvalue weighted by Gasteiger charge is 2.38. The first-order chi connectivity index (χ1) is 17.1. The van der Waals surface area contributed by atoms with Crippen molar-refractivity contribution in [2.24, 2.45) is 0 Å². The van der Waals surface area contributed by atoms with Crippen LogP contribution < -0.4 is 0 Å². The van der Waals surface area contributed by atoms with Crippen LogP contribution in [0.5, 0.6) is 0 Å². The lowest BCUT2D eigenvalue weighted by Gasteiger charge is -2.41. The maximum atomic E-state index is 10.4. The van der Waals surface area contributed by atoms with Gasteiger partial charge >= 0.3 is 0 Å². The topological polar surface area (TPSA) is 29.5 Å². The second-order valence-corrected chi connectivity index (χ2v) is 24.4. The van der Waals surface area contributed by atoms with E-state index in [9.17, 15) is 4.80 Å². The Labute approximate surface area is 233 Å². The van der Waals surface area contributed by atoms with Crippen LogP contribution in [0.3, 0.4) is 0 Å². The molecule has 0 aromatic carbocycles. The molecule has 36 heavy (non-hydrogen) atoms. The minimum Gasteiger partial charge on any atom is -0.432 e. The highest BCUT2D eigenvalue weighted by atomic mass is 28.4. The predicted molar refractivity (Wildman–Crippen MR) is 173 cm³/mol. The molecule has 5 heteroatoms. The molecule has 0 saturated carbocycles. The number of hydrogen-bond acceptors (Lipinski definition) is 2. The molecule has 0 aliphatic rings. The summed E-state index contributed by atoms with van der Waals surface area (Å²) in [5.41, 5.74) is 0. The van der Waals surface area contributed by atoms with E-state index in [1.54, 1.807) is 0 Å². The van der Waals surface area contributed by atoms with Crippen molar-refractivity contribution in [1.29, 1.82) is 0 Å². The van der Waals surface area contributed by atoms with Crippen molar-refractivity contribution in [2.75, 3.05) is 0 Å². The molecule has 0 aliphatic carbocycles. The SMILES string of the molecule is CCCCCCCC[Si](CCCCCCCC)(CCCCCCCC)OC(C)(C)[SiH2]CC[Si](C)(C)O. The molecule has 0 heterocycles. The lowest BCUT2D eigenvalue weighted by atomic mass is 10.1. The van der Waals surface area contributed by atoms with Gasteiger partial charge in [-0.25, -0.2) is 0 Å². The van der Waals surface area contributed by atoms with E-state index in [-0.39, 0.29) is 14.7 Å². The molecule has 0 fully saturated rings. The maximum Gasteiger partial charge on any atom is 0.193 e. The van der Waals surface area contributed by atoms with Gasteiger partial charge in [0.2, 0.25) is 0 Å². The molecule has 0 amide bonds. The van der Waals surface area contributed by atoms with Gasteiger partial charge in [-0.3, -0.25) is 0 Å². The van der Waals surface area contributed by atoms with Crippen LogP contribution in [-0.2, 0) is 4.43 Å². The van der Waals surface area contributed by atoms with Gasteiger partial charge in [0.1, 0.15) is 0 Å². The van der Waals surface area contributed by atoms with E-state index in [1.807, 2.05) is 0 Å². The first kappa shape index (κ1) is 36.6. The summed E-state index contributed by atoms with van der Waals surface area (Å²) in [4.78, 5) is 10.4. The standard InChI is InChI=1S/C31H70O2Si3/c1-8-11-14-17-20-23-27-36(28-24-21-18-15-12-9-2,29-25-22-19-16-13-10-3)33-31(4,5)34-26-30-35(6,7)32/h32H,8-30,34H2,1-7H3. The molecular formula is C31H70O2Si3. The molecule has 1 N–H and O–H groups in total. The van der Waals surface area contributed by atoms with Crippen LogP contribution in [0.2, 0.25) is 43.3 Å².